The van der Waals surface area contributed by atoms with Crippen molar-refractivity contribution in [3.8, 4) is 0 Å². The van der Waals surface area contributed by atoms with Gasteiger partial charge >= 0.3 is 0 Å². The van der Waals surface area contributed by atoms with Crippen LogP contribution >= 0.6 is 11.8 Å². The Morgan fingerprint density at radius 1 is 1.09 bits per heavy atom. The van der Waals surface area contributed by atoms with Gasteiger partial charge in [0.2, 0.25) is 5.91 Å². The van der Waals surface area contributed by atoms with E-state index >= 15 is 0 Å². The fourth-order valence-electron chi connectivity index (χ4n) is 3.26. The second-order valence-corrected chi connectivity index (χ2v) is 8.44. The van der Waals surface area contributed by atoms with Crippen molar-refractivity contribution >= 4 is 34.4 Å². The van der Waals surface area contributed by atoms with Crippen molar-refractivity contribution in [2.75, 3.05) is 5.32 Å². The summed E-state index contributed by atoms with van der Waals surface area (Å²) >= 11 is 1.10. The fourth-order valence-corrected chi connectivity index (χ4v) is 4.26. The maximum atomic E-state index is 14.0. The number of thioether (sulfide) groups is 1. The third-order valence-corrected chi connectivity index (χ3v) is 6.35. The number of hydrogen-bond acceptors (Lipinski definition) is 5. The van der Waals surface area contributed by atoms with Gasteiger partial charge in [0.15, 0.2) is 10.8 Å². The average molecular weight is 467 g/mol. The van der Waals surface area contributed by atoms with Crippen molar-refractivity contribution in [1.29, 1.82) is 0 Å². The molecule has 9 heteroatoms. The summed E-state index contributed by atoms with van der Waals surface area (Å²) in [5.41, 5.74) is 0.738. The fraction of sp³-hybridized carbons (Fsp3) is 0.167. The van der Waals surface area contributed by atoms with Crippen molar-refractivity contribution < 1.29 is 13.6 Å². The lowest BCUT2D eigenvalue weighted by Gasteiger charge is -2.18. The zero-order valence-corrected chi connectivity index (χ0v) is 18.5. The summed E-state index contributed by atoms with van der Waals surface area (Å²) in [6.07, 6.45) is 1.95. The van der Waals surface area contributed by atoms with Crippen LogP contribution in [0.3, 0.4) is 0 Å². The van der Waals surface area contributed by atoms with Gasteiger partial charge in [0.1, 0.15) is 11.6 Å². The van der Waals surface area contributed by atoms with Gasteiger partial charge in [0.05, 0.1) is 22.9 Å². The van der Waals surface area contributed by atoms with Gasteiger partial charge in [-0.05, 0) is 48.4 Å². The van der Waals surface area contributed by atoms with Crippen LogP contribution < -0.4 is 10.9 Å². The van der Waals surface area contributed by atoms with Crippen LogP contribution in [0.1, 0.15) is 18.9 Å². The van der Waals surface area contributed by atoms with E-state index in [1.165, 1.54) is 41.1 Å². The normalized spacial score (nSPS) is 12.0. The Morgan fingerprint density at radius 2 is 1.85 bits per heavy atom. The second kappa shape index (κ2) is 9.91. The number of nitrogens with zero attached hydrogens (tertiary/aromatic N) is 3. The van der Waals surface area contributed by atoms with E-state index in [1.807, 2.05) is 6.92 Å². The number of nitrogens with one attached hydrogen (secondary N) is 1. The molecule has 0 aliphatic rings. The van der Waals surface area contributed by atoms with Crippen LogP contribution in [0, 0.1) is 11.6 Å². The van der Waals surface area contributed by atoms with Crippen LogP contribution in [0.4, 0.5) is 14.5 Å². The number of hydrogen-bond donors (Lipinski definition) is 1. The molecule has 0 bridgehead atoms. The minimum absolute atomic E-state index is 0.0818. The van der Waals surface area contributed by atoms with E-state index in [9.17, 15) is 18.4 Å². The molecule has 1 amide bonds. The lowest BCUT2D eigenvalue weighted by molar-refractivity contribution is -0.115. The molecule has 33 heavy (non-hydrogen) atoms. The minimum Gasteiger partial charge on any atom is -0.323 e. The Balaban J connectivity index is 1.70. The van der Waals surface area contributed by atoms with Crippen LogP contribution in [0.15, 0.2) is 76.8 Å². The van der Waals surface area contributed by atoms with Crippen LogP contribution in [-0.4, -0.2) is 25.7 Å². The highest BCUT2D eigenvalue weighted by molar-refractivity contribution is 8.00. The number of pyridine rings is 1. The standard InChI is InChI=1S/C24H20F2N4O2S/c1-2-20(22(31)28-19-8-4-3-7-18(19)26)33-24-29-21-17(6-5-13-27-21)23(32)30(24)14-15-9-11-16(25)12-10-15/h3-13,20H,2,14H2,1H3,(H,28,31). The predicted octanol–water partition coefficient (Wildman–Crippen LogP) is 4.63. The van der Waals surface area contributed by atoms with E-state index in [0.29, 0.717) is 22.5 Å². The summed E-state index contributed by atoms with van der Waals surface area (Å²) in [5.74, 6) is -1.32. The van der Waals surface area contributed by atoms with Crippen LogP contribution in [0.2, 0.25) is 0 Å². The molecule has 0 aliphatic carbocycles. The number of rotatable bonds is 7. The number of carbonyl (C=O) groups is 1. The number of para-hydroxylation sites is 1. The summed E-state index contributed by atoms with van der Waals surface area (Å²) in [4.78, 5) is 34.8. The van der Waals surface area contributed by atoms with E-state index in [0.717, 1.165) is 11.8 Å². The first-order valence-electron chi connectivity index (χ1n) is 10.3. The number of anilines is 1. The Bertz CT molecular complexity index is 1360. The maximum Gasteiger partial charge on any atom is 0.263 e. The molecular formula is C24H20F2N4O2S. The first-order chi connectivity index (χ1) is 16.0. The molecule has 0 saturated carbocycles. The molecule has 2 aromatic carbocycles. The second-order valence-electron chi connectivity index (χ2n) is 7.27. The van der Waals surface area contributed by atoms with Gasteiger partial charge in [-0.3, -0.25) is 14.2 Å². The van der Waals surface area contributed by atoms with E-state index in [-0.39, 0.29) is 29.3 Å². The lowest BCUT2D eigenvalue weighted by atomic mass is 10.2. The summed E-state index contributed by atoms with van der Waals surface area (Å²) < 4.78 is 28.8. The molecule has 0 saturated heterocycles. The Labute approximate surface area is 192 Å². The summed E-state index contributed by atoms with van der Waals surface area (Å²) in [6, 6.07) is 15.0. The molecule has 6 nitrogen and oxygen atoms in total. The topological polar surface area (TPSA) is 76.9 Å². The van der Waals surface area contributed by atoms with Crippen molar-refractivity contribution in [2.45, 2.75) is 30.3 Å². The highest BCUT2D eigenvalue weighted by atomic mass is 32.2. The molecule has 0 spiro atoms. The van der Waals surface area contributed by atoms with Gasteiger partial charge in [0, 0.05) is 6.20 Å². The Hall–Kier alpha value is -3.59. The van der Waals surface area contributed by atoms with E-state index in [4.69, 9.17) is 0 Å². The maximum absolute atomic E-state index is 14.0. The molecule has 168 valence electrons. The molecule has 1 N–H and O–H groups in total. The van der Waals surface area contributed by atoms with Gasteiger partial charge in [0.25, 0.3) is 5.56 Å². The molecule has 1 unspecified atom stereocenters. The quantitative estimate of drug-likeness (QED) is 0.318. The number of fused-ring (bicyclic) bond motifs is 1. The lowest BCUT2D eigenvalue weighted by Crippen LogP contribution is -2.29. The molecule has 0 aliphatic heterocycles. The summed E-state index contributed by atoms with van der Waals surface area (Å²) in [5, 5.41) is 2.60. The Kier molecular flexibility index (Phi) is 6.79. The van der Waals surface area contributed by atoms with Crippen molar-refractivity contribution in [3.63, 3.8) is 0 Å². The van der Waals surface area contributed by atoms with Gasteiger partial charge in [-0.1, -0.05) is 43.0 Å². The molecule has 2 aromatic heterocycles. The van der Waals surface area contributed by atoms with Crippen molar-refractivity contribution in [2.24, 2.45) is 0 Å². The van der Waals surface area contributed by atoms with E-state index in [1.54, 1.807) is 30.3 Å². The molecule has 0 radical (unpaired) electrons. The monoisotopic (exact) mass is 466 g/mol. The predicted molar refractivity (Wildman–Crippen MR) is 124 cm³/mol. The molecule has 4 rings (SSSR count). The van der Waals surface area contributed by atoms with Gasteiger partial charge in [-0.2, -0.15) is 0 Å². The third kappa shape index (κ3) is 5.09. The Morgan fingerprint density at radius 3 is 2.58 bits per heavy atom. The zero-order valence-electron chi connectivity index (χ0n) is 17.7. The zero-order chi connectivity index (χ0) is 23.4. The first kappa shape index (κ1) is 22.6. The summed E-state index contributed by atoms with van der Waals surface area (Å²) in [6.45, 7) is 1.96. The van der Waals surface area contributed by atoms with Crippen LogP contribution in [-0.2, 0) is 11.3 Å². The highest BCUT2D eigenvalue weighted by Gasteiger charge is 2.23. The first-order valence-corrected chi connectivity index (χ1v) is 11.2. The number of carbonyl (C=O) groups excluding carboxylic acids is 1. The SMILES string of the molecule is CCC(Sc1nc2ncccc2c(=O)n1Cc1ccc(F)cc1)C(=O)Nc1ccccc1F. The number of benzene rings is 2. The smallest absolute Gasteiger partial charge is 0.263 e. The minimum atomic E-state index is -0.642. The third-order valence-electron chi connectivity index (χ3n) is 4.99. The molecule has 0 fully saturated rings. The molecule has 1 atom stereocenters. The molecular weight excluding hydrogens is 446 g/mol. The van der Waals surface area contributed by atoms with Crippen molar-refractivity contribution in [3.05, 3.63) is 94.4 Å². The number of amides is 1. The largest absolute Gasteiger partial charge is 0.323 e. The highest BCUT2D eigenvalue weighted by Crippen LogP contribution is 2.26. The van der Waals surface area contributed by atoms with Gasteiger partial charge in [-0.15, -0.1) is 0 Å². The molecule has 4 aromatic rings. The average Bonchev–Trinajstić information content (AvgIpc) is 2.82. The van der Waals surface area contributed by atoms with E-state index < -0.39 is 17.0 Å². The number of halogens is 2. The molecule has 2 heterocycles. The van der Waals surface area contributed by atoms with Crippen LogP contribution in [0.25, 0.3) is 11.0 Å². The van der Waals surface area contributed by atoms with Crippen molar-refractivity contribution in [1.82, 2.24) is 14.5 Å². The van der Waals surface area contributed by atoms with E-state index in [2.05, 4.69) is 15.3 Å². The van der Waals surface area contributed by atoms with Crippen LogP contribution in [0.5, 0.6) is 0 Å². The van der Waals surface area contributed by atoms with Gasteiger partial charge in [-0.25, -0.2) is 18.7 Å². The number of aromatic nitrogens is 3. The van der Waals surface area contributed by atoms with Gasteiger partial charge < -0.3 is 5.32 Å². The summed E-state index contributed by atoms with van der Waals surface area (Å²) in [7, 11) is 0.